The highest BCUT2D eigenvalue weighted by molar-refractivity contribution is 9.10. The van der Waals surface area contributed by atoms with Crippen LogP contribution in [-0.4, -0.2) is 11.7 Å². The fourth-order valence-electron chi connectivity index (χ4n) is 1.27. The zero-order valence-corrected chi connectivity index (χ0v) is 9.26. The van der Waals surface area contributed by atoms with E-state index >= 15 is 0 Å². The molecule has 0 aliphatic carbocycles. The highest BCUT2D eigenvalue weighted by Crippen LogP contribution is 2.27. The van der Waals surface area contributed by atoms with Gasteiger partial charge in [-0.2, -0.15) is 0 Å². The van der Waals surface area contributed by atoms with Gasteiger partial charge in [0.05, 0.1) is 4.47 Å². The first-order chi connectivity index (χ1) is 6.15. The van der Waals surface area contributed by atoms with Crippen LogP contribution >= 0.6 is 15.9 Å². The molecule has 0 atom stereocenters. The minimum Gasteiger partial charge on any atom is -0.507 e. The summed E-state index contributed by atoms with van der Waals surface area (Å²) in [4.78, 5) is 0. The number of hydrogen-bond acceptors (Lipinski definition) is 2. The van der Waals surface area contributed by atoms with Crippen molar-refractivity contribution in [3.8, 4) is 5.75 Å². The maximum absolute atomic E-state index is 9.38. The summed E-state index contributed by atoms with van der Waals surface area (Å²) in [6.45, 7) is 2.70. The normalized spacial score (nSPS) is 10.4. The third-order valence-electron chi connectivity index (χ3n) is 2.06. The molecule has 0 bridgehead atoms. The van der Waals surface area contributed by atoms with Crippen LogP contribution in [0.1, 0.15) is 17.5 Å². The quantitative estimate of drug-likeness (QED) is 0.857. The number of hydrogen-bond donors (Lipinski definition) is 2. The summed E-state index contributed by atoms with van der Waals surface area (Å²) in [5.41, 5.74) is 7.80. The lowest BCUT2D eigenvalue weighted by Gasteiger charge is -2.07. The topological polar surface area (TPSA) is 46.2 Å². The molecule has 0 aliphatic rings. The molecular formula is C10H14BrNO. The number of aryl methyl sites for hydroxylation is 2. The molecule has 0 aromatic heterocycles. The van der Waals surface area contributed by atoms with E-state index in [1.807, 2.05) is 13.0 Å². The van der Waals surface area contributed by atoms with Crippen LogP contribution in [0.4, 0.5) is 0 Å². The zero-order chi connectivity index (χ0) is 9.84. The SMILES string of the molecule is Cc1cc(O)c(Br)cc1CCCN. The van der Waals surface area contributed by atoms with Gasteiger partial charge in [0.15, 0.2) is 0 Å². The van der Waals surface area contributed by atoms with E-state index < -0.39 is 0 Å². The van der Waals surface area contributed by atoms with Crippen molar-refractivity contribution in [3.05, 3.63) is 27.7 Å². The monoisotopic (exact) mass is 243 g/mol. The Morgan fingerprint density at radius 2 is 2.15 bits per heavy atom. The lowest BCUT2D eigenvalue weighted by Crippen LogP contribution is -2.01. The molecule has 0 saturated heterocycles. The van der Waals surface area contributed by atoms with Crippen molar-refractivity contribution in [3.63, 3.8) is 0 Å². The molecule has 3 N–H and O–H groups in total. The van der Waals surface area contributed by atoms with Gasteiger partial charge in [-0.25, -0.2) is 0 Å². The number of benzene rings is 1. The number of phenolic OH excluding ortho intramolecular Hbond substituents is 1. The molecule has 0 saturated carbocycles. The van der Waals surface area contributed by atoms with Gasteiger partial charge in [0, 0.05) is 0 Å². The van der Waals surface area contributed by atoms with Crippen LogP contribution in [0.5, 0.6) is 5.75 Å². The van der Waals surface area contributed by atoms with Gasteiger partial charge < -0.3 is 10.8 Å². The second-order valence-electron chi connectivity index (χ2n) is 3.12. The van der Waals surface area contributed by atoms with Crippen molar-refractivity contribution < 1.29 is 5.11 Å². The van der Waals surface area contributed by atoms with Crippen molar-refractivity contribution in [1.29, 1.82) is 0 Å². The maximum atomic E-state index is 9.38. The lowest BCUT2D eigenvalue weighted by atomic mass is 10.0. The summed E-state index contributed by atoms with van der Waals surface area (Å²) in [6, 6.07) is 3.73. The molecule has 0 heterocycles. The number of nitrogens with two attached hydrogens (primary N) is 1. The molecule has 1 aromatic rings. The Kier molecular flexibility index (Phi) is 3.75. The van der Waals surface area contributed by atoms with Crippen LogP contribution in [0.2, 0.25) is 0 Å². The van der Waals surface area contributed by atoms with Gasteiger partial charge in [-0.1, -0.05) is 0 Å². The first kappa shape index (κ1) is 10.5. The third-order valence-corrected chi connectivity index (χ3v) is 2.69. The molecule has 0 fully saturated rings. The Labute approximate surface area is 86.9 Å². The molecule has 3 heteroatoms. The van der Waals surface area contributed by atoms with Crippen molar-refractivity contribution in [1.82, 2.24) is 0 Å². The van der Waals surface area contributed by atoms with Crippen molar-refractivity contribution >= 4 is 15.9 Å². The van der Waals surface area contributed by atoms with Crippen LogP contribution in [-0.2, 0) is 6.42 Å². The van der Waals surface area contributed by atoms with Crippen LogP contribution in [0.25, 0.3) is 0 Å². The van der Waals surface area contributed by atoms with Crippen molar-refractivity contribution in [2.24, 2.45) is 5.73 Å². The number of aromatic hydroxyl groups is 1. The predicted molar refractivity (Wildman–Crippen MR) is 57.9 cm³/mol. The van der Waals surface area contributed by atoms with Gasteiger partial charge in [-0.15, -0.1) is 0 Å². The van der Waals surface area contributed by atoms with Gasteiger partial charge in [0.2, 0.25) is 0 Å². The summed E-state index contributed by atoms with van der Waals surface area (Å²) in [5.74, 6) is 0.300. The van der Waals surface area contributed by atoms with E-state index in [2.05, 4.69) is 15.9 Å². The predicted octanol–water partition coefficient (Wildman–Crippen LogP) is 2.35. The van der Waals surface area contributed by atoms with E-state index in [1.54, 1.807) is 6.07 Å². The zero-order valence-electron chi connectivity index (χ0n) is 7.68. The van der Waals surface area contributed by atoms with Gasteiger partial charge in [0.1, 0.15) is 5.75 Å². The number of rotatable bonds is 3. The standard InChI is InChI=1S/C10H14BrNO/c1-7-5-10(13)9(11)6-8(7)3-2-4-12/h5-6,13H,2-4,12H2,1H3. The van der Waals surface area contributed by atoms with E-state index in [4.69, 9.17) is 5.73 Å². The van der Waals surface area contributed by atoms with E-state index in [-0.39, 0.29) is 0 Å². The molecule has 0 radical (unpaired) electrons. The molecule has 2 nitrogen and oxygen atoms in total. The van der Waals surface area contributed by atoms with Gasteiger partial charge >= 0.3 is 0 Å². The lowest BCUT2D eigenvalue weighted by molar-refractivity contribution is 0.471. The molecule has 0 spiro atoms. The summed E-state index contributed by atoms with van der Waals surface area (Å²) in [7, 11) is 0. The van der Waals surface area contributed by atoms with Crippen molar-refractivity contribution in [2.75, 3.05) is 6.54 Å². The highest BCUT2D eigenvalue weighted by atomic mass is 79.9. The van der Waals surface area contributed by atoms with Gasteiger partial charge in [0.25, 0.3) is 0 Å². The van der Waals surface area contributed by atoms with E-state index in [1.165, 1.54) is 5.56 Å². The van der Waals surface area contributed by atoms with E-state index in [0.717, 1.165) is 22.9 Å². The summed E-state index contributed by atoms with van der Waals surface area (Å²) >= 11 is 3.29. The fourth-order valence-corrected chi connectivity index (χ4v) is 1.66. The second kappa shape index (κ2) is 4.63. The van der Waals surface area contributed by atoms with Crippen LogP contribution in [0.15, 0.2) is 16.6 Å². The molecule has 72 valence electrons. The molecule has 0 unspecified atom stereocenters. The van der Waals surface area contributed by atoms with E-state index in [0.29, 0.717) is 12.3 Å². The highest BCUT2D eigenvalue weighted by Gasteiger charge is 2.03. The Bertz CT molecular complexity index is 299. The average Bonchev–Trinajstić information content (AvgIpc) is 2.09. The Morgan fingerprint density at radius 1 is 1.46 bits per heavy atom. The van der Waals surface area contributed by atoms with Crippen molar-refractivity contribution in [2.45, 2.75) is 19.8 Å². The number of halogens is 1. The maximum Gasteiger partial charge on any atom is 0.130 e. The average molecular weight is 244 g/mol. The smallest absolute Gasteiger partial charge is 0.130 e. The Hall–Kier alpha value is -0.540. The molecular weight excluding hydrogens is 230 g/mol. The van der Waals surface area contributed by atoms with Crippen LogP contribution in [0.3, 0.4) is 0 Å². The minimum absolute atomic E-state index is 0.300. The van der Waals surface area contributed by atoms with Crippen LogP contribution in [0, 0.1) is 6.92 Å². The molecule has 0 amide bonds. The minimum atomic E-state index is 0.300. The van der Waals surface area contributed by atoms with Crippen LogP contribution < -0.4 is 5.73 Å². The first-order valence-corrected chi connectivity index (χ1v) is 5.12. The molecule has 0 aliphatic heterocycles. The number of phenols is 1. The summed E-state index contributed by atoms with van der Waals surface area (Å²) in [6.07, 6.45) is 1.96. The van der Waals surface area contributed by atoms with Gasteiger partial charge in [-0.3, -0.25) is 0 Å². The second-order valence-corrected chi connectivity index (χ2v) is 3.98. The van der Waals surface area contributed by atoms with E-state index in [9.17, 15) is 5.11 Å². The molecule has 1 rings (SSSR count). The Morgan fingerprint density at radius 3 is 2.77 bits per heavy atom. The molecule has 13 heavy (non-hydrogen) atoms. The Balaban J connectivity index is 2.88. The summed E-state index contributed by atoms with van der Waals surface area (Å²) in [5, 5.41) is 9.38. The largest absolute Gasteiger partial charge is 0.507 e. The summed E-state index contributed by atoms with van der Waals surface area (Å²) < 4.78 is 0.755. The first-order valence-electron chi connectivity index (χ1n) is 4.33. The molecule has 1 aromatic carbocycles. The third kappa shape index (κ3) is 2.71. The van der Waals surface area contributed by atoms with Gasteiger partial charge in [-0.05, 0) is 65.5 Å². The fraction of sp³-hybridized carbons (Fsp3) is 0.400.